The van der Waals surface area contributed by atoms with Crippen molar-refractivity contribution in [3.8, 4) is 0 Å². The molecule has 0 atom stereocenters. The fourth-order valence-corrected chi connectivity index (χ4v) is 5.41. The first kappa shape index (κ1) is 51.3. The van der Waals surface area contributed by atoms with E-state index in [2.05, 4.69) is 20.6 Å². The highest BCUT2D eigenvalue weighted by Crippen LogP contribution is 2.21. The van der Waals surface area contributed by atoms with Gasteiger partial charge in [-0.15, -0.1) is 4.33 Å². The zero-order valence-corrected chi connectivity index (χ0v) is 36.5. The molecular weight excluding hydrogens is 721 g/mol. The fourth-order valence-electron chi connectivity index (χ4n) is 4.92. The normalized spacial score (nSPS) is 12.3. The number of rotatable bonds is 24. The highest BCUT2D eigenvalue weighted by molar-refractivity contribution is 7.94. The summed E-state index contributed by atoms with van der Waals surface area (Å²) in [5.41, 5.74) is -2.59. The van der Waals surface area contributed by atoms with Gasteiger partial charge >= 0.3 is 24.4 Å². The summed E-state index contributed by atoms with van der Waals surface area (Å²) >= 11 is 1.18. The fraction of sp³-hybridized carbons (Fsp3) is 0.895. The van der Waals surface area contributed by atoms with Crippen molar-refractivity contribution < 1.29 is 52.4 Å². The first-order valence-corrected chi connectivity index (χ1v) is 20.2. The molecule has 0 saturated heterocycles. The van der Waals surface area contributed by atoms with E-state index in [1.54, 1.807) is 9.80 Å². The van der Waals surface area contributed by atoms with Crippen LogP contribution in [0.5, 0.6) is 0 Å². The average Bonchev–Trinajstić information content (AvgIpc) is 2.98. The number of amides is 4. The first-order chi connectivity index (χ1) is 24.9. The number of nitrogens with zero attached hydrogens (tertiary/aromatic N) is 2. The van der Waals surface area contributed by atoms with E-state index in [4.69, 9.17) is 23.3 Å². The second-order valence-electron chi connectivity index (χ2n) is 17.3. The summed E-state index contributed by atoms with van der Waals surface area (Å²) in [6, 6.07) is 0. The number of hydrogen-bond donors (Lipinski definition) is 2. The Balaban J connectivity index is 5.89. The Kier molecular flexibility index (Phi) is 24.9. The zero-order chi connectivity index (χ0) is 41.4. The van der Waals surface area contributed by atoms with Crippen molar-refractivity contribution in [2.45, 2.75) is 163 Å². The maximum Gasteiger partial charge on any atom is 0.410 e. The smallest absolute Gasteiger partial charge is 0.410 e. The van der Waals surface area contributed by atoms with E-state index in [0.717, 1.165) is 37.9 Å². The molecule has 4 amide bonds. The molecule has 15 nitrogen and oxygen atoms in total. The molecule has 0 aliphatic heterocycles. The molecular formula is C38H74N4O11S. The van der Waals surface area contributed by atoms with Gasteiger partial charge < -0.3 is 39.4 Å². The third kappa shape index (κ3) is 31.6. The molecule has 0 spiro atoms. The van der Waals surface area contributed by atoms with Crippen LogP contribution in [0.1, 0.15) is 141 Å². The molecule has 0 aromatic carbocycles. The Hall–Kier alpha value is -2.69. The number of carbonyl (C=O) groups excluding carboxylic acids is 4. The van der Waals surface area contributed by atoms with Crippen molar-refractivity contribution in [2.24, 2.45) is 5.92 Å². The van der Waals surface area contributed by atoms with Crippen LogP contribution in [0.4, 0.5) is 19.2 Å². The molecule has 54 heavy (non-hydrogen) atoms. The van der Waals surface area contributed by atoms with Crippen LogP contribution < -0.4 is 10.6 Å². The Morgan fingerprint density at radius 3 is 1.35 bits per heavy atom. The van der Waals surface area contributed by atoms with Gasteiger partial charge in [0.15, 0.2) is 0 Å². The van der Waals surface area contributed by atoms with Gasteiger partial charge in [0, 0.05) is 57.1 Å². The lowest BCUT2D eigenvalue weighted by atomic mass is 9.99. The van der Waals surface area contributed by atoms with Crippen molar-refractivity contribution in [1.29, 1.82) is 0 Å². The summed E-state index contributed by atoms with van der Waals surface area (Å²) in [6.07, 6.45) is 5.15. The van der Waals surface area contributed by atoms with Crippen molar-refractivity contribution in [1.82, 2.24) is 20.4 Å². The number of unbranched alkanes of at least 4 members (excludes halogenated alkanes) is 5. The predicted molar refractivity (Wildman–Crippen MR) is 211 cm³/mol. The van der Waals surface area contributed by atoms with Gasteiger partial charge in [-0.05, 0) is 128 Å². The lowest BCUT2D eigenvalue weighted by molar-refractivity contribution is -0.447. The molecule has 0 aliphatic carbocycles. The Morgan fingerprint density at radius 2 is 0.963 bits per heavy atom. The maximum atomic E-state index is 13.6. The molecule has 318 valence electrons. The third-order valence-corrected chi connectivity index (χ3v) is 7.65. The van der Waals surface area contributed by atoms with E-state index in [-0.39, 0.29) is 5.92 Å². The highest BCUT2D eigenvalue weighted by Gasteiger charge is 2.29. The van der Waals surface area contributed by atoms with Crippen LogP contribution in [0.15, 0.2) is 0 Å². The molecule has 0 aromatic heterocycles. The van der Waals surface area contributed by atoms with Crippen LogP contribution in [0.3, 0.4) is 0 Å². The molecule has 0 rings (SSSR count). The van der Waals surface area contributed by atoms with Crippen LogP contribution >= 0.6 is 12.0 Å². The number of nitrogens with one attached hydrogen (secondary N) is 2. The summed E-state index contributed by atoms with van der Waals surface area (Å²) in [4.78, 5) is 59.2. The quantitative estimate of drug-likeness (QED) is 0.0314. The van der Waals surface area contributed by atoms with Gasteiger partial charge in [-0.1, -0.05) is 24.3 Å². The molecule has 0 bridgehead atoms. The van der Waals surface area contributed by atoms with E-state index >= 15 is 0 Å². The maximum absolute atomic E-state index is 13.6. The second kappa shape index (κ2) is 26.2. The summed E-state index contributed by atoms with van der Waals surface area (Å²) in [6.45, 7) is 24.2. The largest absolute Gasteiger partial charge is 0.444 e. The van der Waals surface area contributed by atoms with Gasteiger partial charge in [-0.3, -0.25) is 0 Å². The van der Waals surface area contributed by atoms with E-state index in [9.17, 15) is 19.2 Å². The van der Waals surface area contributed by atoms with Crippen LogP contribution in [0.2, 0.25) is 0 Å². The molecule has 0 heterocycles. The summed E-state index contributed by atoms with van der Waals surface area (Å²) in [5.74, 6) is 0.662. The van der Waals surface area contributed by atoms with Crippen LogP contribution in [-0.4, -0.2) is 109 Å². The molecule has 2 N–H and O–H groups in total. The summed E-state index contributed by atoms with van der Waals surface area (Å²) in [5, 5.41) is 9.98. The third-order valence-electron chi connectivity index (χ3n) is 7.04. The first-order valence-electron chi connectivity index (χ1n) is 19.3. The number of ether oxygens (including phenoxy) is 4. The predicted octanol–water partition coefficient (Wildman–Crippen LogP) is 8.79. The van der Waals surface area contributed by atoms with Crippen LogP contribution in [-0.2, 0) is 33.2 Å². The Labute approximate surface area is 329 Å². The highest BCUT2D eigenvalue weighted by atomic mass is 32.2. The van der Waals surface area contributed by atoms with Crippen LogP contribution in [0, 0.1) is 5.92 Å². The van der Waals surface area contributed by atoms with Crippen LogP contribution in [0.25, 0.3) is 0 Å². The zero-order valence-electron chi connectivity index (χ0n) is 35.7. The van der Waals surface area contributed by atoms with E-state index in [1.165, 1.54) is 19.2 Å². The van der Waals surface area contributed by atoms with Crippen molar-refractivity contribution in [2.75, 3.05) is 52.1 Å². The molecule has 0 fully saturated rings. The molecule has 0 radical (unpaired) electrons. The van der Waals surface area contributed by atoms with Crippen molar-refractivity contribution in [3.63, 3.8) is 0 Å². The lowest BCUT2D eigenvalue weighted by Crippen LogP contribution is -2.45. The SMILES string of the molecule is COOOSCCCCCCC(CN(CCCCNC(=O)OC(C)(C)C)C(=O)OC(C)(C)C)CN(CCCCNC(=O)OC(C)(C)C)C(=O)OC(C)(C)C. The number of hydrogen-bond acceptors (Lipinski definition) is 12. The molecule has 0 unspecified atom stereocenters. The number of carbonyl (C=O) groups is 4. The molecule has 0 aromatic rings. The Bertz CT molecular complexity index is 998. The topological polar surface area (TPSA) is 163 Å². The minimum atomic E-state index is -0.699. The monoisotopic (exact) mass is 795 g/mol. The standard InChI is InChI=1S/C38H74N4O11S/c1-35(2,3)48-31(43)39-23-17-19-25-41(33(45)50-37(7,8)9)28-30(22-16-14-15-21-27-54-53-52-47-13)29-42(34(46)51-38(10,11)12)26-20-18-24-40-32(44)49-36(4,5)6/h30H,14-29H2,1-13H3,(H,39,43)(H,40,44). The minimum Gasteiger partial charge on any atom is -0.444 e. The van der Waals surface area contributed by atoms with Crippen molar-refractivity contribution in [3.05, 3.63) is 0 Å². The molecule has 16 heteroatoms. The number of alkyl carbamates (subject to hydrolysis) is 2. The van der Waals surface area contributed by atoms with E-state index in [1.807, 2.05) is 83.1 Å². The average molecular weight is 795 g/mol. The van der Waals surface area contributed by atoms with Gasteiger partial charge in [0.05, 0.1) is 7.11 Å². The summed E-state index contributed by atoms with van der Waals surface area (Å²) < 4.78 is 27.1. The molecule has 0 saturated carbocycles. The summed E-state index contributed by atoms with van der Waals surface area (Å²) in [7, 11) is 1.37. The van der Waals surface area contributed by atoms with Gasteiger partial charge in [0.1, 0.15) is 22.4 Å². The van der Waals surface area contributed by atoms with Gasteiger partial charge in [0.2, 0.25) is 0 Å². The Morgan fingerprint density at radius 1 is 0.556 bits per heavy atom. The van der Waals surface area contributed by atoms with E-state index in [0.29, 0.717) is 65.0 Å². The molecule has 0 aliphatic rings. The van der Waals surface area contributed by atoms with E-state index < -0.39 is 46.8 Å². The second-order valence-corrected chi connectivity index (χ2v) is 18.1. The van der Waals surface area contributed by atoms with Gasteiger partial charge in [-0.25, -0.2) is 24.1 Å². The van der Waals surface area contributed by atoms with Gasteiger partial charge in [0.25, 0.3) is 0 Å². The van der Waals surface area contributed by atoms with Crippen molar-refractivity contribution >= 4 is 36.4 Å². The lowest BCUT2D eigenvalue weighted by Gasteiger charge is -2.34. The minimum absolute atomic E-state index is 0.0855. The van der Waals surface area contributed by atoms with Gasteiger partial charge in [-0.2, -0.15) is 0 Å².